The molecule has 25 heavy (non-hydrogen) atoms. The summed E-state index contributed by atoms with van der Waals surface area (Å²) >= 11 is 1.56. The zero-order valence-corrected chi connectivity index (χ0v) is 14.9. The van der Waals surface area contributed by atoms with Crippen LogP contribution in [0.1, 0.15) is 17.7 Å². The number of carbonyl (C=O) groups is 1. The monoisotopic (exact) mass is 360 g/mol. The number of aryl methyl sites for hydroxylation is 1. The Hall–Kier alpha value is -1.92. The van der Waals surface area contributed by atoms with Crippen LogP contribution < -0.4 is 4.90 Å². The van der Waals surface area contributed by atoms with Crippen LogP contribution in [0.2, 0.25) is 0 Å². The van der Waals surface area contributed by atoms with Gasteiger partial charge in [0.2, 0.25) is 0 Å². The molecule has 1 aromatic heterocycles. The first-order valence-electron chi connectivity index (χ1n) is 8.64. The molecular weight excluding hydrogens is 339 g/mol. The van der Waals surface area contributed by atoms with Crippen molar-refractivity contribution < 1.29 is 14.3 Å². The first-order valence-corrected chi connectivity index (χ1v) is 9.45. The van der Waals surface area contributed by atoms with Gasteiger partial charge in [0.25, 0.3) is 0 Å². The molecule has 5 rings (SSSR count). The van der Waals surface area contributed by atoms with Crippen LogP contribution >= 0.6 is 11.3 Å². The van der Waals surface area contributed by atoms with E-state index in [4.69, 9.17) is 0 Å². The van der Waals surface area contributed by atoms with Gasteiger partial charge < -0.3 is 10.0 Å². The van der Waals surface area contributed by atoms with Crippen molar-refractivity contribution >= 4 is 23.1 Å². The number of nitrogens with zero attached hydrogens (tertiary/aromatic N) is 2. The number of hydrogen-bond acceptors (Lipinski definition) is 3. The lowest BCUT2D eigenvalue weighted by Crippen LogP contribution is -2.58. The summed E-state index contributed by atoms with van der Waals surface area (Å²) in [6.07, 6.45) is 1.10. The van der Waals surface area contributed by atoms with Crippen LogP contribution in [-0.4, -0.2) is 41.8 Å². The van der Waals surface area contributed by atoms with E-state index >= 15 is 0 Å². The first kappa shape index (κ1) is 16.5. The Morgan fingerprint density at radius 3 is 2.60 bits per heavy atom. The molecule has 3 saturated heterocycles. The molecule has 2 aromatic rings. The van der Waals surface area contributed by atoms with Crippen molar-refractivity contribution in [2.45, 2.75) is 25.8 Å². The van der Waals surface area contributed by atoms with Gasteiger partial charge in [-0.3, -0.25) is 4.90 Å². The lowest BCUT2D eigenvalue weighted by molar-refractivity contribution is 0.0838. The minimum Gasteiger partial charge on any atom is -0.465 e. The topological polar surface area (TPSA) is 43.8 Å². The van der Waals surface area contributed by atoms with Crippen molar-refractivity contribution in [1.82, 2.24) is 4.90 Å². The molecule has 1 aromatic carbocycles. The van der Waals surface area contributed by atoms with Crippen LogP contribution in [0, 0.1) is 18.7 Å². The average Bonchev–Trinajstić information content (AvgIpc) is 3.03. The normalized spacial score (nSPS) is 25.1. The van der Waals surface area contributed by atoms with Gasteiger partial charge in [-0.15, -0.1) is 11.3 Å². The van der Waals surface area contributed by atoms with E-state index in [9.17, 15) is 14.3 Å². The molecule has 1 amide bonds. The minimum atomic E-state index is -0.958. The Morgan fingerprint density at radius 2 is 2.04 bits per heavy atom. The molecule has 1 N–H and O–H groups in total. The Labute approximate surface area is 150 Å². The molecule has 3 aliphatic heterocycles. The number of benzene rings is 1. The molecule has 6 heteroatoms. The van der Waals surface area contributed by atoms with E-state index in [0.29, 0.717) is 17.2 Å². The highest BCUT2D eigenvalue weighted by atomic mass is 32.1. The summed E-state index contributed by atoms with van der Waals surface area (Å²) < 4.78 is 13.9. The second-order valence-corrected chi connectivity index (χ2v) is 8.22. The van der Waals surface area contributed by atoms with E-state index in [1.54, 1.807) is 17.4 Å². The number of halogens is 1. The van der Waals surface area contributed by atoms with Crippen LogP contribution in [0.5, 0.6) is 0 Å². The number of piperidine rings is 3. The number of fused-ring (bicyclic) bond motifs is 3. The molecule has 0 saturated carbocycles. The number of amides is 1. The van der Waals surface area contributed by atoms with Gasteiger partial charge in [-0.25, -0.2) is 9.18 Å². The van der Waals surface area contributed by atoms with Gasteiger partial charge in [0.1, 0.15) is 5.82 Å². The fourth-order valence-electron chi connectivity index (χ4n) is 4.14. The van der Waals surface area contributed by atoms with Crippen LogP contribution in [0.3, 0.4) is 0 Å². The van der Waals surface area contributed by atoms with Gasteiger partial charge in [-0.2, -0.15) is 0 Å². The van der Waals surface area contributed by atoms with Crippen molar-refractivity contribution in [3.05, 3.63) is 41.0 Å². The summed E-state index contributed by atoms with van der Waals surface area (Å²) in [5.41, 5.74) is 1.26. The molecule has 1 atom stereocenters. The standard InChI is InChI=1S/C19H21FN2O2S/c1-12-2-5-18(25-12)15-10-14(20)3-4-16(15)22(19(23)24)17-11-21-8-6-13(17)7-9-21/h2-5,10,13,17H,6-9,11H2,1H3,(H,23,24)/t17-/m0/s1. The van der Waals surface area contributed by atoms with E-state index in [1.807, 2.05) is 19.1 Å². The quantitative estimate of drug-likeness (QED) is 0.880. The number of thiophene rings is 1. The maximum atomic E-state index is 13.9. The highest BCUT2D eigenvalue weighted by Gasteiger charge is 2.40. The van der Waals surface area contributed by atoms with Crippen molar-refractivity contribution in [2.24, 2.45) is 5.92 Å². The van der Waals surface area contributed by atoms with E-state index in [0.717, 1.165) is 42.2 Å². The van der Waals surface area contributed by atoms with Crippen LogP contribution in [-0.2, 0) is 0 Å². The zero-order valence-electron chi connectivity index (χ0n) is 14.1. The maximum absolute atomic E-state index is 13.9. The molecule has 2 bridgehead atoms. The number of hydrogen-bond donors (Lipinski definition) is 1. The first-order chi connectivity index (χ1) is 12.0. The number of carboxylic acid groups (broad SMARTS) is 1. The van der Waals surface area contributed by atoms with Gasteiger partial charge >= 0.3 is 6.09 Å². The number of rotatable bonds is 3. The molecule has 0 spiro atoms. The van der Waals surface area contributed by atoms with Gasteiger partial charge in [-0.05, 0) is 69.1 Å². The number of anilines is 1. The van der Waals surface area contributed by atoms with Crippen LogP contribution in [0.15, 0.2) is 30.3 Å². The maximum Gasteiger partial charge on any atom is 0.412 e. The van der Waals surface area contributed by atoms with Crippen molar-refractivity contribution in [2.75, 3.05) is 24.5 Å². The Kier molecular flexibility index (Phi) is 4.25. The van der Waals surface area contributed by atoms with E-state index in [2.05, 4.69) is 4.90 Å². The molecule has 4 nitrogen and oxygen atoms in total. The Balaban J connectivity index is 1.79. The summed E-state index contributed by atoms with van der Waals surface area (Å²) in [6, 6.07) is 8.29. The zero-order chi connectivity index (χ0) is 17.6. The molecule has 0 aliphatic carbocycles. The summed E-state index contributed by atoms with van der Waals surface area (Å²) in [7, 11) is 0. The summed E-state index contributed by atoms with van der Waals surface area (Å²) in [5.74, 6) is 0.0353. The lowest BCUT2D eigenvalue weighted by Gasteiger charge is -2.48. The third-order valence-electron chi connectivity index (χ3n) is 5.38. The second kappa shape index (κ2) is 6.42. The van der Waals surface area contributed by atoms with E-state index in [1.165, 1.54) is 17.0 Å². The largest absolute Gasteiger partial charge is 0.465 e. The summed E-state index contributed by atoms with van der Waals surface area (Å²) in [6.45, 7) is 4.86. The predicted molar refractivity (Wildman–Crippen MR) is 97.9 cm³/mol. The van der Waals surface area contributed by atoms with Gasteiger partial charge in [0, 0.05) is 21.9 Å². The van der Waals surface area contributed by atoms with Crippen LogP contribution in [0.25, 0.3) is 10.4 Å². The molecular formula is C19H21FN2O2S. The Bertz CT molecular complexity index is 798. The third kappa shape index (κ3) is 3.04. The SMILES string of the molecule is Cc1ccc(-c2cc(F)ccc2N(C(=O)O)[C@H]2CN3CCC2CC3)s1. The summed E-state index contributed by atoms with van der Waals surface area (Å²) in [4.78, 5) is 18.0. The predicted octanol–water partition coefficient (Wildman–Crippen LogP) is 4.44. The van der Waals surface area contributed by atoms with Crippen molar-refractivity contribution in [3.8, 4) is 10.4 Å². The molecule has 3 fully saturated rings. The van der Waals surface area contributed by atoms with E-state index < -0.39 is 6.09 Å². The molecule has 3 aliphatic rings. The summed E-state index contributed by atoms with van der Waals surface area (Å²) in [5, 5.41) is 9.97. The average molecular weight is 360 g/mol. The lowest BCUT2D eigenvalue weighted by atomic mass is 9.83. The van der Waals surface area contributed by atoms with Crippen molar-refractivity contribution in [3.63, 3.8) is 0 Å². The minimum absolute atomic E-state index is 0.0646. The highest BCUT2D eigenvalue weighted by molar-refractivity contribution is 7.15. The van der Waals surface area contributed by atoms with Crippen molar-refractivity contribution in [1.29, 1.82) is 0 Å². The van der Waals surface area contributed by atoms with Gasteiger partial charge in [0.15, 0.2) is 0 Å². The van der Waals surface area contributed by atoms with E-state index in [-0.39, 0.29) is 11.9 Å². The fourth-order valence-corrected chi connectivity index (χ4v) is 5.04. The molecule has 0 unspecified atom stereocenters. The van der Waals surface area contributed by atoms with Crippen LogP contribution in [0.4, 0.5) is 14.9 Å². The molecule has 0 radical (unpaired) electrons. The second-order valence-electron chi connectivity index (χ2n) is 6.93. The smallest absolute Gasteiger partial charge is 0.412 e. The molecule has 132 valence electrons. The van der Waals surface area contributed by atoms with Gasteiger partial charge in [0.05, 0.1) is 11.7 Å². The molecule has 4 heterocycles. The van der Waals surface area contributed by atoms with Gasteiger partial charge in [-0.1, -0.05) is 0 Å². The fraction of sp³-hybridized carbons (Fsp3) is 0.421. The third-order valence-corrected chi connectivity index (χ3v) is 6.42. The highest BCUT2D eigenvalue weighted by Crippen LogP contribution is 2.40. The Morgan fingerprint density at radius 1 is 1.28 bits per heavy atom.